The number of rotatable bonds is 0. The Morgan fingerprint density at radius 1 is 1.07 bits per heavy atom. The van der Waals surface area contributed by atoms with Crippen molar-refractivity contribution in [2.24, 2.45) is 16.7 Å². The van der Waals surface area contributed by atoms with Crippen molar-refractivity contribution < 1.29 is 0 Å². The van der Waals surface area contributed by atoms with Gasteiger partial charge in [0.25, 0.3) is 0 Å². The predicted molar refractivity (Wildman–Crippen MR) is 66.8 cm³/mol. The molecule has 0 unspecified atom stereocenters. The van der Waals surface area contributed by atoms with Gasteiger partial charge in [-0.3, -0.25) is 0 Å². The van der Waals surface area contributed by atoms with Gasteiger partial charge in [0.05, 0.1) is 0 Å². The van der Waals surface area contributed by atoms with Gasteiger partial charge in [-0.25, -0.2) is 0 Å². The van der Waals surface area contributed by atoms with Gasteiger partial charge in [-0.05, 0) is 56.3 Å². The molecule has 0 bridgehead atoms. The highest BCUT2D eigenvalue weighted by Gasteiger charge is 2.48. The van der Waals surface area contributed by atoms with Gasteiger partial charge in [0.2, 0.25) is 0 Å². The van der Waals surface area contributed by atoms with E-state index in [1.165, 1.54) is 32.1 Å². The molecule has 2 aliphatic carbocycles. The van der Waals surface area contributed by atoms with Gasteiger partial charge in [-0.1, -0.05) is 38.3 Å². The molecule has 1 fully saturated rings. The maximum absolute atomic E-state index is 2.52. The molecule has 0 saturated heterocycles. The number of fused-ring (bicyclic) bond motifs is 1. The molecule has 0 heterocycles. The van der Waals surface area contributed by atoms with Crippen LogP contribution in [0.2, 0.25) is 0 Å². The fraction of sp³-hybridized carbons (Fsp3) is 0.867. The molecule has 0 heteroatoms. The summed E-state index contributed by atoms with van der Waals surface area (Å²) in [5.74, 6) is 0.919. The molecule has 1 saturated carbocycles. The van der Waals surface area contributed by atoms with Crippen molar-refractivity contribution in [3.63, 3.8) is 0 Å². The van der Waals surface area contributed by atoms with Crippen LogP contribution in [0.3, 0.4) is 0 Å². The first kappa shape index (κ1) is 11.2. The van der Waals surface area contributed by atoms with Crippen LogP contribution in [-0.2, 0) is 0 Å². The van der Waals surface area contributed by atoms with E-state index in [1.807, 2.05) is 0 Å². The average Bonchev–Trinajstić information content (AvgIpc) is 2.12. The van der Waals surface area contributed by atoms with Crippen LogP contribution in [0.15, 0.2) is 11.1 Å². The second-order valence-corrected chi connectivity index (χ2v) is 6.76. The van der Waals surface area contributed by atoms with Crippen molar-refractivity contribution in [1.29, 1.82) is 0 Å². The van der Waals surface area contributed by atoms with Crippen molar-refractivity contribution in [3.05, 3.63) is 11.1 Å². The van der Waals surface area contributed by atoms with Gasteiger partial charge in [0.15, 0.2) is 0 Å². The van der Waals surface area contributed by atoms with Gasteiger partial charge < -0.3 is 0 Å². The van der Waals surface area contributed by atoms with Crippen molar-refractivity contribution in [2.75, 3.05) is 0 Å². The Labute approximate surface area is 95.1 Å². The predicted octanol–water partition coefficient (Wildman–Crippen LogP) is 4.95. The monoisotopic (exact) mass is 206 g/mol. The van der Waals surface area contributed by atoms with Crippen molar-refractivity contribution in [3.8, 4) is 0 Å². The fourth-order valence-corrected chi connectivity index (χ4v) is 4.32. The molecule has 0 aromatic carbocycles. The molecule has 2 rings (SSSR count). The van der Waals surface area contributed by atoms with E-state index < -0.39 is 0 Å². The smallest absolute Gasteiger partial charge is 0.00831 e. The SMILES string of the molecule is CC1=C(C)[C@@]2(C)CCCC(C)(C)[C@@H]2CC1. The summed E-state index contributed by atoms with van der Waals surface area (Å²) in [5, 5.41) is 0. The zero-order valence-corrected chi connectivity index (χ0v) is 11.1. The van der Waals surface area contributed by atoms with Gasteiger partial charge in [0.1, 0.15) is 0 Å². The highest BCUT2D eigenvalue weighted by atomic mass is 14.5. The van der Waals surface area contributed by atoms with Crippen LogP contribution in [0.25, 0.3) is 0 Å². The van der Waals surface area contributed by atoms with E-state index in [-0.39, 0.29) is 0 Å². The minimum Gasteiger partial charge on any atom is -0.0738 e. The Morgan fingerprint density at radius 3 is 2.40 bits per heavy atom. The lowest BCUT2D eigenvalue weighted by atomic mass is 9.50. The van der Waals surface area contributed by atoms with E-state index in [1.54, 1.807) is 11.1 Å². The lowest BCUT2D eigenvalue weighted by Crippen LogP contribution is -2.44. The second-order valence-electron chi connectivity index (χ2n) is 6.76. The van der Waals surface area contributed by atoms with Crippen LogP contribution in [-0.4, -0.2) is 0 Å². The van der Waals surface area contributed by atoms with E-state index in [4.69, 9.17) is 0 Å². The molecule has 0 N–H and O–H groups in total. The van der Waals surface area contributed by atoms with Crippen molar-refractivity contribution in [2.45, 2.75) is 66.7 Å². The third-order valence-corrected chi connectivity index (χ3v) is 5.53. The number of hydrogen-bond acceptors (Lipinski definition) is 0. The third kappa shape index (κ3) is 1.57. The molecule has 2 atom stereocenters. The van der Waals surface area contributed by atoms with E-state index >= 15 is 0 Å². The molecule has 0 aliphatic heterocycles. The Hall–Kier alpha value is -0.260. The zero-order valence-electron chi connectivity index (χ0n) is 11.1. The van der Waals surface area contributed by atoms with Crippen LogP contribution in [0.4, 0.5) is 0 Å². The summed E-state index contributed by atoms with van der Waals surface area (Å²) in [7, 11) is 0. The summed E-state index contributed by atoms with van der Waals surface area (Å²) < 4.78 is 0. The van der Waals surface area contributed by atoms with Crippen molar-refractivity contribution >= 4 is 0 Å². The summed E-state index contributed by atoms with van der Waals surface area (Å²) in [5.41, 5.74) is 4.47. The molecule has 0 aromatic heterocycles. The number of hydrogen-bond donors (Lipinski definition) is 0. The topological polar surface area (TPSA) is 0 Å². The van der Waals surface area contributed by atoms with Gasteiger partial charge in [0, 0.05) is 0 Å². The number of allylic oxidation sites excluding steroid dienone is 2. The molecule has 0 aromatic rings. The molecule has 0 spiro atoms. The van der Waals surface area contributed by atoms with Crippen LogP contribution in [0.1, 0.15) is 66.7 Å². The largest absolute Gasteiger partial charge is 0.0738 e. The van der Waals surface area contributed by atoms with E-state index in [2.05, 4.69) is 34.6 Å². The fourth-order valence-electron chi connectivity index (χ4n) is 4.32. The third-order valence-electron chi connectivity index (χ3n) is 5.53. The van der Waals surface area contributed by atoms with Gasteiger partial charge in [-0.2, -0.15) is 0 Å². The first-order valence-electron chi connectivity index (χ1n) is 6.55. The van der Waals surface area contributed by atoms with Crippen LogP contribution in [0, 0.1) is 16.7 Å². The first-order valence-corrected chi connectivity index (χ1v) is 6.55. The van der Waals surface area contributed by atoms with Crippen LogP contribution >= 0.6 is 0 Å². The standard InChI is InChI=1S/C15H26/c1-11-7-8-13-14(3,4)9-6-10-15(13,5)12(11)2/h13H,6-10H2,1-5H3/t13-,15+/m0/s1. The van der Waals surface area contributed by atoms with E-state index in [0.717, 1.165) is 5.92 Å². The summed E-state index contributed by atoms with van der Waals surface area (Å²) >= 11 is 0. The minimum atomic E-state index is 0.518. The summed E-state index contributed by atoms with van der Waals surface area (Å²) in [6.45, 7) is 12.2. The molecule has 0 radical (unpaired) electrons. The van der Waals surface area contributed by atoms with Crippen LogP contribution < -0.4 is 0 Å². The maximum atomic E-state index is 2.52. The molecule has 2 aliphatic rings. The Morgan fingerprint density at radius 2 is 1.73 bits per heavy atom. The van der Waals surface area contributed by atoms with Crippen molar-refractivity contribution in [1.82, 2.24) is 0 Å². The normalized spacial score (nSPS) is 40.2. The quantitative estimate of drug-likeness (QED) is 0.492. The maximum Gasteiger partial charge on any atom is -0.00831 e. The lowest BCUT2D eigenvalue weighted by molar-refractivity contribution is 0.0128. The Kier molecular flexibility index (Phi) is 2.52. The van der Waals surface area contributed by atoms with Gasteiger partial charge >= 0.3 is 0 Å². The molecule has 15 heavy (non-hydrogen) atoms. The molecule has 0 nitrogen and oxygen atoms in total. The highest BCUT2D eigenvalue weighted by molar-refractivity contribution is 5.25. The second kappa shape index (κ2) is 3.37. The van der Waals surface area contributed by atoms with E-state index in [0.29, 0.717) is 10.8 Å². The zero-order chi connectivity index (χ0) is 11.3. The molecule has 86 valence electrons. The summed E-state index contributed by atoms with van der Waals surface area (Å²) in [6.07, 6.45) is 7.04. The Bertz CT molecular complexity index is 295. The molecule has 0 amide bonds. The highest BCUT2D eigenvalue weighted by Crippen LogP contribution is 2.59. The first-order chi connectivity index (χ1) is 6.88. The lowest BCUT2D eigenvalue weighted by Gasteiger charge is -2.54. The van der Waals surface area contributed by atoms with Gasteiger partial charge in [-0.15, -0.1) is 0 Å². The van der Waals surface area contributed by atoms with Crippen LogP contribution in [0.5, 0.6) is 0 Å². The molecular weight excluding hydrogens is 180 g/mol. The molecular formula is C15H26. The average molecular weight is 206 g/mol. The Balaban J connectivity index is 2.41. The van der Waals surface area contributed by atoms with E-state index in [9.17, 15) is 0 Å². The minimum absolute atomic E-state index is 0.518. The summed E-state index contributed by atoms with van der Waals surface area (Å²) in [4.78, 5) is 0. The summed E-state index contributed by atoms with van der Waals surface area (Å²) in [6, 6.07) is 0.